The maximum absolute atomic E-state index is 9.10. The minimum atomic E-state index is -1.47. The zero-order valence-corrected chi connectivity index (χ0v) is 8.29. The van der Waals surface area contributed by atoms with Crippen LogP contribution in [0.5, 0.6) is 0 Å². The second-order valence-corrected chi connectivity index (χ2v) is 3.59. The van der Waals surface area contributed by atoms with Gasteiger partial charge in [0.1, 0.15) is 5.58 Å². The molecule has 0 radical (unpaired) electrons. The third-order valence-corrected chi connectivity index (χ3v) is 2.57. The average Bonchev–Trinajstić information content (AvgIpc) is 2.66. The van der Waals surface area contributed by atoms with Gasteiger partial charge in [0.15, 0.2) is 0 Å². The van der Waals surface area contributed by atoms with Gasteiger partial charge in [0.25, 0.3) is 0 Å². The van der Waals surface area contributed by atoms with Crippen molar-refractivity contribution in [3.05, 3.63) is 36.5 Å². The van der Waals surface area contributed by atoms with E-state index in [0.29, 0.717) is 16.8 Å². The van der Waals surface area contributed by atoms with Crippen LogP contribution in [0.25, 0.3) is 22.1 Å². The number of fused-ring (bicyclic) bond motifs is 3. The predicted octanol–water partition coefficient (Wildman–Crippen LogP) is 0.661. The largest absolute Gasteiger partial charge is 0.488 e. The molecule has 0 atom stereocenters. The molecule has 0 amide bonds. The normalized spacial score (nSPS) is 11.1. The van der Waals surface area contributed by atoms with Crippen molar-refractivity contribution >= 4 is 34.7 Å². The van der Waals surface area contributed by atoms with Gasteiger partial charge in [0, 0.05) is 17.0 Å². The van der Waals surface area contributed by atoms with Crippen molar-refractivity contribution in [1.82, 2.24) is 4.98 Å². The van der Waals surface area contributed by atoms with E-state index in [0.717, 1.165) is 10.8 Å². The number of nitrogens with zero attached hydrogens (tertiary/aromatic N) is 1. The van der Waals surface area contributed by atoms with Crippen molar-refractivity contribution in [2.24, 2.45) is 0 Å². The zero-order chi connectivity index (χ0) is 11.1. The van der Waals surface area contributed by atoms with E-state index in [9.17, 15) is 0 Å². The van der Waals surface area contributed by atoms with Crippen LogP contribution in [0.15, 0.2) is 40.9 Å². The molecule has 0 aliphatic rings. The van der Waals surface area contributed by atoms with E-state index < -0.39 is 7.12 Å². The lowest BCUT2D eigenvalue weighted by Crippen LogP contribution is -2.29. The molecular formula is C11H8BNO3. The van der Waals surface area contributed by atoms with Crippen molar-refractivity contribution < 1.29 is 14.5 Å². The molecule has 0 saturated heterocycles. The SMILES string of the molecule is OB(O)c1ccc2oc3ncccc3c2c1. The molecule has 0 saturated carbocycles. The third kappa shape index (κ3) is 1.30. The van der Waals surface area contributed by atoms with Crippen LogP contribution < -0.4 is 5.46 Å². The van der Waals surface area contributed by atoms with E-state index in [1.54, 1.807) is 24.4 Å². The van der Waals surface area contributed by atoms with Gasteiger partial charge in [-0.1, -0.05) is 12.1 Å². The first-order chi connectivity index (χ1) is 7.75. The van der Waals surface area contributed by atoms with Crippen LogP contribution in [-0.4, -0.2) is 22.2 Å². The van der Waals surface area contributed by atoms with Gasteiger partial charge < -0.3 is 14.5 Å². The number of hydrogen-bond donors (Lipinski definition) is 2. The summed E-state index contributed by atoms with van der Waals surface area (Å²) in [7, 11) is -1.47. The standard InChI is InChI=1S/C11H8BNO3/c14-12(15)7-3-4-10-9(6-7)8-2-1-5-13-11(8)16-10/h1-6,14-15H. The Bertz CT molecular complexity index is 662. The summed E-state index contributed by atoms with van der Waals surface area (Å²) in [5.74, 6) is 0. The van der Waals surface area contributed by atoms with Crippen LogP contribution in [0.2, 0.25) is 0 Å². The van der Waals surface area contributed by atoms with E-state index in [1.807, 2.05) is 12.1 Å². The molecule has 2 N–H and O–H groups in total. The third-order valence-electron chi connectivity index (χ3n) is 2.57. The lowest BCUT2D eigenvalue weighted by atomic mass is 9.80. The molecule has 0 unspecified atom stereocenters. The second kappa shape index (κ2) is 3.33. The topological polar surface area (TPSA) is 66.5 Å². The molecular weight excluding hydrogens is 205 g/mol. The van der Waals surface area contributed by atoms with Gasteiger partial charge in [-0.2, -0.15) is 0 Å². The van der Waals surface area contributed by atoms with Gasteiger partial charge >= 0.3 is 7.12 Å². The van der Waals surface area contributed by atoms with E-state index >= 15 is 0 Å². The summed E-state index contributed by atoms with van der Waals surface area (Å²) in [5, 5.41) is 19.9. The molecule has 0 bridgehead atoms. The molecule has 0 fully saturated rings. The van der Waals surface area contributed by atoms with Crippen LogP contribution in [-0.2, 0) is 0 Å². The quantitative estimate of drug-likeness (QED) is 0.582. The van der Waals surface area contributed by atoms with Crippen molar-refractivity contribution in [1.29, 1.82) is 0 Å². The van der Waals surface area contributed by atoms with Crippen molar-refractivity contribution in [3.8, 4) is 0 Å². The van der Waals surface area contributed by atoms with Crippen molar-refractivity contribution in [2.45, 2.75) is 0 Å². The summed E-state index contributed by atoms with van der Waals surface area (Å²) in [6, 6.07) is 8.75. The van der Waals surface area contributed by atoms with Crippen LogP contribution in [0, 0.1) is 0 Å². The molecule has 0 aliphatic carbocycles. The van der Waals surface area contributed by atoms with Gasteiger partial charge in [-0.05, 0) is 23.7 Å². The minimum absolute atomic E-state index is 0.444. The summed E-state index contributed by atoms with van der Waals surface area (Å²) in [6.07, 6.45) is 1.66. The Morgan fingerprint density at radius 2 is 2.00 bits per heavy atom. The number of rotatable bonds is 1. The highest BCUT2D eigenvalue weighted by Gasteiger charge is 2.14. The molecule has 2 aromatic heterocycles. The zero-order valence-electron chi connectivity index (χ0n) is 8.29. The summed E-state index contributed by atoms with van der Waals surface area (Å²) < 4.78 is 5.51. The van der Waals surface area contributed by atoms with Crippen molar-refractivity contribution in [3.63, 3.8) is 0 Å². The van der Waals surface area contributed by atoms with Crippen molar-refractivity contribution in [2.75, 3.05) is 0 Å². The number of furan rings is 1. The van der Waals surface area contributed by atoms with E-state index in [4.69, 9.17) is 14.5 Å². The lowest BCUT2D eigenvalue weighted by Gasteiger charge is -1.97. The first-order valence-electron chi connectivity index (χ1n) is 4.89. The Hall–Kier alpha value is -1.85. The highest BCUT2D eigenvalue weighted by atomic mass is 16.4. The highest BCUT2D eigenvalue weighted by Crippen LogP contribution is 2.25. The minimum Gasteiger partial charge on any atom is -0.438 e. The summed E-state index contributed by atoms with van der Waals surface area (Å²) >= 11 is 0. The lowest BCUT2D eigenvalue weighted by molar-refractivity contribution is 0.426. The van der Waals surface area contributed by atoms with Crippen LogP contribution in [0.1, 0.15) is 0 Å². The Balaban J connectivity index is 2.40. The fraction of sp³-hybridized carbons (Fsp3) is 0. The first kappa shape index (κ1) is 9.39. The summed E-state index contributed by atoms with van der Waals surface area (Å²) in [5.41, 5.74) is 1.69. The van der Waals surface area contributed by atoms with Gasteiger partial charge in [-0.3, -0.25) is 0 Å². The summed E-state index contributed by atoms with van der Waals surface area (Å²) in [6.45, 7) is 0. The molecule has 78 valence electrons. The van der Waals surface area contributed by atoms with E-state index in [2.05, 4.69) is 4.98 Å². The first-order valence-corrected chi connectivity index (χ1v) is 4.89. The van der Waals surface area contributed by atoms with E-state index in [-0.39, 0.29) is 0 Å². The van der Waals surface area contributed by atoms with Gasteiger partial charge in [0.2, 0.25) is 5.71 Å². The Morgan fingerprint density at radius 1 is 1.12 bits per heavy atom. The Labute approximate surface area is 91.3 Å². The maximum atomic E-state index is 9.10. The highest BCUT2D eigenvalue weighted by molar-refractivity contribution is 6.59. The Kier molecular flexibility index (Phi) is 1.95. The molecule has 0 spiro atoms. The smallest absolute Gasteiger partial charge is 0.438 e. The molecule has 1 aromatic carbocycles. The van der Waals surface area contributed by atoms with E-state index in [1.165, 1.54) is 0 Å². The summed E-state index contributed by atoms with van der Waals surface area (Å²) in [4.78, 5) is 4.10. The monoisotopic (exact) mass is 213 g/mol. The maximum Gasteiger partial charge on any atom is 0.488 e. The molecule has 2 heterocycles. The Morgan fingerprint density at radius 3 is 2.81 bits per heavy atom. The number of pyridine rings is 1. The van der Waals surface area contributed by atoms with Crippen LogP contribution >= 0.6 is 0 Å². The van der Waals surface area contributed by atoms with Gasteiger partial charge in [0.05, 0.1) is 0 Å². The number of hydrogen-bond acceptors (Lipinski definition) is 4. The predicted molar refractivity (Wildman–Crippen MR) is 61.3 cm³/mol. The molecule has 3 aromatic rings. The fourth-order valence-corrected chi connectivity index (χ4v) is 1.79. The fourth-order valence-electron chi connectivity index (χ4n) is 1.79. The van der Waals surface area contributed by atoms with Gasteiger partial charge in [-0.15, -0.1) is 0 Å². The second-order valence-electron chi connectivity index (χ2n) is 3.59. The molecule has 16 heavy (non-hydrogen) atoms. The molecule has 0 aliphatic heterocycles. The average molecular weight is 213 g/mol. The molecule has 5 heteroatoms. The van der Waals surface area contributed by atoms with Crippen LogP contribution in [0.3, 0.4) is 0 Å². The van der Waals surface area contributed by atoms with Crippen LogP contribution in [0.4, 0.5) is 0 Å². The number of benzene rings is 1. The molecule has 4 nitrogen and oxygen atoms in total. The molecule has 3 rings (SSSR count). The number of aromatic nitrogens is 1. The van der Waals surface area contributed by atoms with Gasteiger partial charge in [-0.25, -0.2) is 4.98 Å².